The molecule has 114 valence electrons. The Morgan fingerprint density at radius 1 is 1.43 bits per heavy atom. The first-order valence-electron chi connectivity index (χ1n) is 6.70. The number of aromatic nitrogens is 2. The van der Waals surface area contributed by atoms with Crippen LogP contribution in [0.5, 0.6) is 0 Å². The van der Waals surface area contributed by atoms with Crippen LogP contribution in [0.15, 0.2) is 35.5 Å². The quantitative estimate of drug-likeness (QED) is 0.756. The number of sulfonamides is 1. The normalized spacial score (nSPS) is 13.3. The molecule has 0 fully saturated rings. The SMILES string of the molecule is CCC(NS(=O)(=O)c1cccc(CO)c1C)c1ncc[nH]1. The van der Waals surface area contributed by atoms with E-state index in [1.54, 1.807) is 31.5 Å². The lowest BCUT2D eigenvalue weighted by Gasteiger charge is -2.17. The zero-order valence-electron chi connectivity index (χ0n) is 12.0. The van der Waals surface area contributed by atoms with Crippen LogP contribution in [0.25, 0.3) is 0 Å². The van der Waals surface area contributed by atoms with E-state index in [-0.39, 0.29) is 11.5 Å². The van der Waals surface area contributed by atoms with E-state index in [0.717, 1.165) is 0 Å². The monoisotopic (exact) mass is 309 g/mol. The van der Waals surface area contributed by atoms with Crippen LogP contribution >= 0.6 is 0 Å². The Balaban J connectivity index is 2.34. The van der Waals surface area contributed by atoms with E-state index >= 15 is 0 Å². The predicted octanol–water partition coefficient (Wildman–Crippen LogP) is 1.64. The van der Waals surface area contributed by atoms with Crippen LogP contribution in [0.1, 0.15) is 36.3 Å². The topological polar surface area (TPSA) is 95.1 Å². The molecule has 0 saturated carbocycles. The second kappa shape index (κ2) is 6.38. The highest BCUT2D eigenvalue weighted by atomic mass is 32.2. The Kier molecular flexibility index (Phi) is 4.76. The van der Waals surface area contributed by atoms with E-state index in [0.29, 0.717) is 23.4 Å². The first-order valence-corrected chi connectivity index (χ1v) is 8.19. The van der Waals surface area contributed by atoms with Crippen molar-refractivity contribution < 1.29 is 13.5 Å². The average molecular weight is 309 g/mol. The van der Waals surface area contributed by atoms with E-state index < -0.39 is 16.1 Å². The fourth-order valence-corrected chi connectivity index (χ4v) is 3.75. The Morgan fingerprint density at radius 2 is 2.19 bits per heavy atom. The third-order valence-corrected chi connectivity index (χ3v) is 5.03. The molecular weight excluding hydrogens is 290 g/mol. The van der Waals surface area contributed by atoms with Crippen LogP contribution in [0.4, 0.5) is 0 Å². The molecule has 0 saturated heterocycles. The molecule has 1 atom stereocenters. The van der Waals surface area contributed by atoms with Gasteiger partial charge in [0.2, 0.25) is 10.0 Å². The first-order chi connectivity index (χ1) is 9.99. The number of nitrogens with zero attached hydrogens (tertiary/aromatic N) is 1. The van der Waals surface area contributed by atoms with Gasteiger partial charge in [-0.2, -0.15) is 0 Å². The summed E-state index contributed by atoms with van der Waals surface area (Å²) in [5.74, 6) is 0.581. The molecule has 2 rings (SSSR count). The first kappa shape index (κ1) is 15.7. The molecule has 0 aliphatic heterocycles. The minimum atomic E-state index is -3.68. The highest BCUT2D eigenvalue weighted by molar-refractivity contribution is 7.89. The van der Waals surface area contributed by atoms with Crippen molar-refractivity contribution in [2.24, 2.45) is 0 Å². The fourth-order valence-electron chi connectivity index (χ4n) is 2.17. The Bertz CT molecular complexity index is 696. The molecule has 21 heavy (non-hydrogen) atoms. The maximum Gasteiger partial charge on any atom is 0.241 e. The number of hydrogen-bond acceptors (Lipinski definition) is 4. The maximum absolute atomic E-state index is 12.6. The molecule has 0 radical (unpaired) electrons. The summed E-state index contributed by atoms with van der Waals surface area (Å²) < 4.78 is 27.8. The van der Waals surface area contributed by atoms with Crippen molar-refractivity contribution >= 4 is 10.0 Å². The fraction of sp³-hybridized carbons (Fsp3) is 0.357. The Hall–Kier alpha value is -1.70. The lowest BCUT2D eigenvalue weighted by molar-refractivity contribution is 0.280. The summed E-state index contributed by atoms with van der Waals surface area (Å²) in [5.41, 5.74) is 1.16. The summed E-state index contributed by atoms with van der Waals surface area (Å²) in [6.45, 7) is 3.38. The van der Waals surface area contributed by atoms with Crippen molar-refractivity contribution in [1.82, 2.24) is 14.7 Å². The highest BCUT2D eigenvalue weighted by Crippen LogP contribution is 2.22. The zero-order chi connectivity index (χ0) is 15.5. The van der Waals surface area contributed by atoms with E-state index in [4.69, 9.17) is 0 Å². The third-order valence-electron chi connectivity index (χ3n) is 3.41. The van der Waals surface area contributed by atoms with Gasteiger partial charge in [0.25, 0.3) is 0 Å². The second-order valence-corrected chi connectivity index (χ2v) is 6.44. The van der Waals surface area contributed by atoms with E-state index in [1.165, 1.54) is 6.07 Å². The minimum Gasteiger partial charge on any atom is -0.392 e. The number of benzene rings is 1. The van der Waals surface area contributed by atoms with Crippen LogP contribution in [-0.4, -0.2) is 23.5 Å². The van der Waals surface area contributed by atoms with Crippen LogP contribution in [0.2, 0.25) is 0 Å². The largest absolute Gasteiger partial charge is 0.392 e. The van der Waals surface area contributed by atoms with Crippen molar-refractivity contribution in [3.8, 4) is 0 Å². The van der Waals surface area contributed by atoms with Gasteiger partial charge >= 0.3 is 0 Å². The number of imidazole rings is 1. The molecule has 7 heteroatoms. The number of hydrogen-bond donors (Lipinski definition) is 3. The molecule has 6 nitrogen and oxygen atoms in total. The van der Waals surface area contributed by atoms with Crippen molar-refractivity contribution in [2.75, 3.05) is 0 Å². The number of nitrogens with one attached hydrogen (secondary N) is 2. The van der Waals surface area contributed by atoms with Gasteiger partial charge in [-0.05, 0) is 30.5 Å². The molecule has 0 amide bonds. The number of H-pyrrole nitrogens is 1. The van der Waals surface area contributed by atoms with Crippen LogP contribution in [0, 0.1) is 6.92 Å². The number of aromatic amines is 1. The van der Waals surface area contributed by atoms with Gasteiger partial charge in [0.15, 0.2) is 0 Å². The van der Waals surface area contributed by atoms with Crippen LogP contribution < -0.4 is 4.72 Å². The number of rotatable bonds is 6. The second-order valence-electron chi connectivity index (χ2n) is 4.75. The van der Waals surface area contributed by atoms with Gasteiger partial charge < -0.3 is 10.1 Å². The number of aliphatic hydroxyl groups excluding tert-OH is 1. The molecular formula is C14H19N3O3S. The summed E-state index contributed by atoms with van der Waals surface area (Å²) in [4.78, 5) is 7.20. The smallest absolute Gasteiger partial charge is 0.241 e. The van der Waals surface area contributed by atoms with Gasteiger partial charge in [0.05, 0.1) is 17.5 Å². The zero-order valence-corrected chi connectivity index (χ0v) is 12.8. The van der Waals surface area contributed by atoms with Crippen LogP contribution in [-0.2, 0) is 16.6 Å². The van der Waals surface area contributed by atoms with Crippen LogP contribution in [0.3, 0.4) is 0 Å². The molecule has 0 aliphatic carbocycles. The van der Waals surface area contributed by atoms with Gasteiger partial charge in [-0.1, -0.05) is 19.1 Å². The molecule has 0 bridgehead atoms. The highest BCUT2D eigenvalue weighted by Gasteiger charge is 2.23. The lowest BCUT2D eigenvalue weighted by atomic mass is 10.1. The van der Waals surface area contributed by atoms with Gasteiger partial charge in [-0.15, -0.1) is 0 Å². The summed E-state index contributed by atoms with van der Waals surface area (Å²) in [6.07, 6.45) is 3.82. The Morgan fingerprint density at radius 3 is 2.76 bits per heavy atom. The van der Waals surface area contributed by atoms with Crippen molar-refractivity contribution in [1.29, 1.82) is 0 Å². The van der Waals surface area contributed by atoms with E-state index in [2.05, 4.69) is 14.7 Å². The summed E-state index contributed by atoms with van der Waals surface area (Å²) >= 11 is 0. The minimum absolute atomic E-state index is 0.180. The van der Waals surface area contributed by atoms with Crippen molar-refractivity contribution in [3.63, 3.8) is 0 Å². The molecule has 1 heterocycles. The van der Waals surface area contributed by atoms with Gasteiger partial charge in [0.1, 0.15) is 5.82 Å². The maximum atomic E-state index is 12.6. The standard InChI is InChI=1S/C14H19N3O3S/c1-3-12(14-15-7-8-16-14)17-21(19,20)13-6-4-5-11(9-18)10(13)2/h4-8,12,17-18H,3,9H2,1-2H3,(H,15,16). The van der Waals surface area contributed by atoms with Crippen molar-refractivity contribution in [2.45, 2.75) is 37.8 Å². The summed E-state index contributed by atoms with van der Waals surface area (Å²) in [7, 11) is -3.68. The third kappa shape index (κ3) is 3.31. The molecule has 1 aromatic heterocycles. The van der Waals surface area contributed by atoms with E-state index in [1.807, 2.05) is 6.92 Å². The molecule has 2 aromatic rings. The molecule has 3 N–H and O–H groups in total. The molecule has 0 spiro atoms. The van der Waals surface area contributed by atoms with E-state index in [9.17, 15) is 13.5 Å². The summed E-state index contributed by atoms with van der Waals surface area (Å²) in [6, 6.07) is 4.45. The molecule has 1 unspecified atom stereocenters. The van der Waals surface area contributed by atoms with Crippen molar-refractivity contribution in [3.05, 3.63) is 47.5 Å². The molecule has 0 aliphatic rings. The predicted molar refractivity (Wildman–Crippen MR) is 79.0 cm³/mol. The van der Waals surface area contributed by atoms with Gasteiger partial charge in [0, 0.05) is 12.4 Å². The average Bonchev–Trinajstić information content (AvgIpc) is 2.99. The lowest BCUT2D eigenvalue weighted by Crippen LogP contribution is -2.29. The summed E-state index contributed by atoms with van der Waals surface area (Å²) in [5, 5.41) is 9.26. The number of aliphatic hydroxyl groups is 1. The van der Waals surface area contributed by atoms with Gasteiger partial charge in [-0.25, -0.2) is 18.1 Å². The molecule has 1 aromatic carbocycles. The van der Waals surface area contributed by atoms with Gasteiger partial charge in [-0.3, -0.25) is 0 Å². The Labute approximate surface area is 124 Å².